The zero-order chi connectivity index (χ0) is 15.7. The van der Waals surface area contributed by atoms with E-state index in [0.29, 0.717) is 31.9 Å². The first kappa shape index (κ1) is 18.1. The lowest BCUT2D eigenvalue weighted by Gasteiger charge is -2.08. The number of halogens is 1. The number of anilines is 1. The Morgan fingerprint density at radius 3 is 2.48 bits per heavy atom. The van der Waals surface area contributed by atoms with Crippen LogP contribution in [0.3, 0.4) is 0 Å². The zero-order valence-electron chi connectivity index (χ0n) is 11.8. The summed E-state index contributed by atoms with van der Waals surface area (Å²) in [5.41, 5.74) is 0.560. The van der Waals surface area contributed by atoms with Crippen LogP contribution in [-0.2, 0) is 19.6 Å². The Bertz CT molecular complexity index is 546. The summed E-state index contributed by atoms with van der Waals surface area (Å²) in [6, 6.07) is 6.01. The molecule has 0 aliphatic heterocycles. The molecule has 1 rings (SSSR count). The molecule has 0 saturated carbocycles. The number of nitrogens with one attached hydrogen (secondary N) is 2. The lowest BCUT2D eigenvalue weighted by atomic mass is 10.3. The van der Waals surface area contributed by atoms with Crippen molar-refractivity contribution in [3.63, 3.8) is 0 Å². The van der Waals surface area contributed by atoms with Gasteiger partial charge in [-0.2, -0.15) is 0 Å². The van der Waals surface area contributed by atoms with Gasteiger partial charge in [0.1, 0.15) is 0 Å². The van der Waals surface area contributed by atoms with Gasteiger partial charge in [0.25, 0.3) is 0 Å². The first-order valence-electron chi connectivity index (χ1n) is 6.47. The van der Waals surface area contributed by atoms with Crippen LogP contribution in [0.25, 0.3) is 0 Å². The Morgan fingerprint density at radius 2 is 1.90 bits per heavy atom. The van der Waals surface area contributed by atoms with Gasteiger partial charge in [-0.1, -0.05) is 15.9 Å². The second-order valence-electron chi connectivity index (χ2n) is 4.26. The number of alkyl halides is 1. The normalized spacial score (nSPS) is 11.3. The maximum atomic E-state index is 12.0. The molecule has 0 fully saturated rings. The van der Waals surface area contributed by atoms with Gasteiger partial charge < -0.3 is 10.1 Å². The molecule has 0 radical (unpaired) electrons. The van der Waals surface area contributed by atoms with Crippen molar-refractivity contribution >= 4 is 37.5 Å². The number of hydrogen-bond donors (Lipinski definition) is 2. The van der Waals surface area contributed by atoms with Crippen LogP contribution in [0.5, 0.6) is 0 Å². The van der Waals surface area contributed by atoms with Crippen LogP contribution < -0.4 is 10.0 Å². The number of carbonyl (C=O) groups excluding carboxylic acids is 1. The molecular weight excluding hydrogens is 360 g/mol. The van der Waals surface area contributed by atoms with Crippen LogP contribution in [0.2, 0.25) is 0 Å². The summed E-state index contributed by atoms with van der Waals surface area (Å²) in [5.74, 6) is -0.202. The topological polar surface area (TPSA) is 84.5 Å². The number of hydrogen-bond acceptors (Lipinski definition) is 4. The molecule has 6 nitrogen and oxygen atoms in total. The van der Waals surface area contributed by atoms with Gasteiger partial charge in [-0.15, -0.1) is 0 Å². The second-order valence-corrected chi connectivity index (χ2v) is 6.82. The molecule has 0 aliphatic carbocycles. The van der Waals surface area contributed by atoms with E-state index < -0.39 is 10.0 Å². The van der Waals surface area contributed by atoms with Crippen molar-refractivity contribution < 1.29 is 17.9 Å². The van der Waals surface area contributed by atoms with E-state index in [1.165, 1.54) is 19.1 Å². The van der Waals surface area contributed by atoms with Crippen molar-refractivity contribution in [3.05, 3.63) is 24.3 Å². The molecule has 0 aliphatic rings. The van der Waals surface area contributed by atoms with E-state index in [9.17, 15) is 13.2 Å². The molecule has 0 unspecified atom stereocenters. The fourth-order valence-electron chi connectivity index (χ4n) is 1.54. The molecule has 0 heterocycles. The van der Waals surface area contributed by atoms with E-state index >= 15 is 0 Å². The molecule has 1 aromatic carbocycles. The highest BCUT2D eigenvalue weighted by atomic mass is 79.9. The fourth-order valence-corrected chi connectivity index (χ4v) is 2.84. The molecule has 8 heteroatoms. The van der Waals surface area contributed by atoms with Gasteiger partial charge in [0.05, 0.1) is 11.5 Å². The summed E-state index contributed by atoms with van der Waals surface area (Å²) in [5, 5.41) is 3.34. The zero-order valence-corrected chi connectivity index (χ0v) is 14.2. The molecule has 1 amide bonds. The van der Waals surface area contributed by atoms with E-state index in [1.807, 2.05) is 0 Å². The van der Waals surface area contributed by atoms with E-state index in [-0.39, 0.29) is 10.8 Å². The Kier molecular flexibility index (Phi) is 7.87. The highest BCUT2D eigenvalue weighted by molar-refractivity contribution is 9.09. The lowest BCUT2D eigenvalue weighted by molar-refractivity contribution is -0.114. The monoisotopic (exact) mass is 378 g/mol. The average molecular weight is 379 g/mol. The van der Waals surface area contributed by atoms with Gasteiger partial charge in [-0.05, 0) is 30.7 Å². The largest absolute Gasteiger partial charge is 0.381 e. The molecule has 0 aromatic heterocycles. The maximum absolute atomic E-state index is 12.0. The van der Waals surface area contributed by atoms with Crippen LogP contribution in [0.15, 0.2) is 29.2 Å². The highest BCUT2D eigenvalue weighted by Crippen LogP contribution is 2.13. The molecular formula is C13H19BrN2O4S. The number of benzene rings is 1. The molecule has 0 atom stereocenters. The molecule has 2 N–H and O–H groups in total. The fraction of sp³-hybridized carbons (Fsp3) is 0.462. The minimum atomic E-state index is -3.53. The van der Waals surface area contributed by atoms with Crippen LogP contribution >= 0.6 is 15.9 Å². The maximum Gasteiger partial charge on any atom is 0.240 e. The first-order valence-corrected chi connectivity index (χ1v) is 9.07. The summed E-state index contributed by atoms with van der Waals surface area (Å²) >= 11 is 3.24. The number of ether oxygens (including phenoxy) is 1. The highest BCUT2D eigenvalue weighted by Gasteiger charge is 2.12. The Hall–Kier alpha value is -0.960. The summed E-state index contributed by atoms with van der Waals surface area (Å²) in [6.45, 7) is 2.83. The average Bonchev–Trinajstić information content (AvgIpc) is 2.42. The van der Waals surface area contributed by atoms with Gasteiger partial charge in [0, 0.05) is 31.1 Å². The molecule has 1 aromatic rings. The van der Waals surface area contributed by atoms with Crippen LogP contribution in [0.4, 0.5) is 5.69 Å². The van der Waals surface area contributed by atoms with Crippen molar-refractivity contribution in [2.24, 2.45) is 0 Å². The number of rotatable bonds is 9. The molecule has 0 bridgehead atoms. The third kappa shape index (κ3) is 7.03. The Labute approximate surface area is 133 Å². The van der Waals surface area contributed by atoms with Crippen molar-refractivity contribution in [3.8, 4) is 0 Å². The minimum absolute atomic E-state index is 0.165. The molecule has 21 heavy (non-hydrogen) atoms. The van der Waals surface area contributed by atoms with Crippen molar-refractivity contribution in [2.75, 3.05) is 30.4 Å². The van der Waals surface area contributed by atoms with Gasteiger partial charge in [0.15, 0.2) is 0 Å². The predicted octanol–water partition coefficient (Wildman–Crippen LogP) is 1.72. The SMILES string of the molecule is CC(=O)Nc1ccc(S(=O)(=O)NCCCOCCBr)cc1. The molecule has 0 spiro atoms. The third-order valence-electron chi connectivity index (χ3n) is 2.46. The Morgan fingerprint density at radius 1 is 1.24 bits per heavy atom. The number of amides is 1. The standard InChI is InChI=1S/C13H19BrN2O4S/c1-11(17)16-12-3-5-13(6-4-12)21(18,19)15-8-2-9-20-10-7-14/h3-6,15H,2,7-10H2,1H3,(H,16,17). The van der Waals surface area contributed by atoms with E-state index in [4.69, 9.17) is 4.74 Å². The van der Waals surface area contributed by atoms with E-state index in [1.54, 1.807) is 12.1 Å². The molecule has 118 valence electrons. The van der Waals surface area contributed by atoms with E-state index in [2.05, 4.69) is 26.0 Å². The van der Waals surface area contributed by atoms with Crippen molar-refractivity contribution in [1.82, 2.24) is 4.72 Å². The minimum Gasteiger partial charge on any atom is -0.381 e. The third-order valence-corrected chi connectivity index (χ3v) is 4.26. The number of carbonyl (C=O) groups is 1. The van der Waals surface area contributed by atoms with Crippen molar-refractivity contribution in [2.45, 2.75) is 18.2 Å². The quantitative estimate of drug-likeness (QED) is 0.506. The van der Waals surface area contributed by atoms with Gasteiger partial charge in [-0.3, -0.25) is 4.79 Å². The van der Waals surface area contributed by atoms with Crippen molar-refractivity contribution in [1.29, 1.82) is 0 Å². The summed E-state index contributed by atoms with van der Waals surface area (Å²) in [6.07, 6.45) is 0.607. The number of sulfonamides is 1. The summed E-state index contributed by atoms with van der Waals surface area (Å²) < 4.78 is 31.8. The van der Waals surface area contributed by atoms with Gasteiger partial charge >= 0.3 is 0 Å². The Balaban J connectivity index is 2.48. The van der Waals surface area contributed by atoms with E-state index in [0.717, 1.165) is 5.33 Å². The smallest absolute Gasteiger partial charge is 0.240 e. The van der Waals surface area contributed by atoms with Crippen LogP contribution in [0.1, 0.15) is 13.3 Å². The van der Waals surface area contributed by atoms with Crippen LogP contribution in [-0.4, -0.2) is 39.4 Å². The second kappa shape index (κ2) is 9.14. The van der Waals surface area contributed by atoms with Gasteiger partial charge in [-0.25, -0.2) is 13.1 Å². The lowest BCUT2D eigenvalue weighted by Crippen LogP contribution is -2.25. The first-order chi connectivity index (χ1) is 9.95. The van der Waals surface area contributed by atoms with Gasteiger partial charge in [0.2, 0.25) is 15.9 Å². The molecule has 0 saturated heterocycles. The predicted molar refractivity (Wildman–Crippen MR) is 85.2 cm³/mol. The summed E-state index contributed by atoms with van der Waals surface area (Å²) in [7, 11) is -3.53. The van der Waals surface area contributed by atoms with Crippen LogP contribution in [0, 0.1) is 0 Å². The summed E-state index contributed by atoms with van der Waals surface area (Å²) in [4.78, 5) is 11.1.